The summed E-state index contributed by atoms with van der Waals surface area (Å²) in [6, 6.07) is 4.26. The van der Waals surface area contributed by atoms with E-state index in [1.54, 1.807) is 11.8 Å². The lowest BCUT2D eigenvalue weighted by molar-refractivity contribution is -0.112. The van der Waals surface area contributed by atoms with Gasteiger partial charge in [-0.05, 0) is 43.2 Å². The molecule has 3 rings (SSSR count). The van der Waals surface area contributed by atoms with Crippen LogP contribution in [0.1, 0.15) is 12.5 Å². The fraction of sp³-hybridized carbons (Fsp3) is 0.360. The van der Waals surface area contributed by atoms with Crippen LogP contribution < -0.4 is 15.5 Å². The van der Waals surface area contributed by atoms with E-state index >= 15 is 8.78 Å². The van der Waals surface area contributed by atoms with Crippen LogP contribution in [0.25, 0.3) is 11.1 Å². The van der Waals surface area contributed by atoms with Crippen LogP contribution >= 0.6 is 0 Å². The first-order chi connectivity index (χ1) is 18.5. The first-order valence-electron chi connectivity index (χ1n) is 11.8. The number of carbonyl (C=O) groups is 1. The van der Waals surface area contributed by atoms with Gasteiger partial charge in [-0.2, -0.15) is 18.3 Å². The van der Waals surface area contributed by atoms with Crippen molar-refractivity contribution < 1.29 is 36.6 Å². The van der Waals surface area contributed by atoms with Gasteiger partial charge in [-0.1, -0.05) is 6.07 Å². The van der Waals surface area contributed by atoms with Gasteiger partial charge in [-0.3, -0.25) is 4.79 Å². The highest BCUT2D eigenvalue weighted by atomic mass is 19.4. The molecular weight excluding hydrogens is 527 g/mol. The van der Waals surface area contributed by atoms with E-state index in [-0.39, 0.29) is 41.6 Å². The molecule has 0 atom stereocenters. The number of carbonyl (C=O) groups excluding carboxylic acids is 1. The van der Waals surface area contributed by atoms with Gasteiger partial charge in [0.2, 0.25) is 0 Å². The summed E-state index contributed by atoms with van der Waals surface area (Å²) in [5.41, 5.74) is -1.57. The Labute approximate surface area is 221 Å². The molecule has 0 radical (unpaired) electrons. The van der Waals surface area contributed by atoms with Crippen molar-refractivity contribution >= 4 is 35.7 Å². The zero-order valence-corrected chi connectivity index (χ0v) is 21.2. The first kappa shape index (κ1) is 29.6. The molecule has 14 heteroatoms. The summed E-state index contributed by atoms with van der Waals surface area (Å²) in [5.74, 6) is -3.24. The van der Waals surface area contributed by atoms with Gasteiger partial charge in [0.25, 0.3) is 5.91 Å². The maximum absolute atomic E-state index is 15.8. The predicted octanol–water partition coefficient (Wildman–Crippen LogP) is 4.08. The van der Waals surface area contributed by atoms with Crippen LogP contribution in [0.2, 0.25) is 0 Å². The summed E-state index contributed by atoms with van der Waals surface area (Å²) in [5, 5.41) is 20.0. The molecule has 210 valence electrons. The van der Waals surface area contributed by atoms with Crippen molar-refractivity contribution in [3.63, 3.8) is 0 Å². The molecular formula is C25H27F5N6O3. The SMILES string of the molecule is C=N/N=C(\C=C(/C)C(=O)Nc1ccc(C)c(-c2c(F)c(NCCO)nc(N3CCOCC3)c2F)c1)C(F)(F)F. The van der Waals surface area contributed by atoms with Gasteiger partial charge < -0.3 is 25.4 Å². The van der Waals surface area contributed by atoms with Crippen LogP contribution in [0.15, 0.2) is 40.1 Å². The number of amides is 1. The molecule has 1 saturated heterocycles. The van der Waals surface area contributed by atoms with Crippen molar-refractivity contribution in [2.24, 2.45) is 10.2 Å². The summed E-state index contributed by atoms with van der Waals surface area (Å²) in [4.78, 5) is 18.3. The molecule has 0 aliphatic carbocycles. The van der Waals surface area contributed by atoms with Crippen molar-refractivity contribution in [3.8, 4) is 11.1 Å². The van der Waals surface area contributed by atoms with Gasteiger partial charge in [0.15, 0.2) is 29.0 Å². The summed E-state index contributed by atoms with van der Waals surface area (Å²) < 4.78 is 76.0. The molecule has 39 heavy (non-hydrogen) atoms. The molecule has 0 spiro atoms. The van der Waals surface area contributed by atoms with E-state index in [4.69, 9.17) is 4.74 Å². The minimum Gasteiger partial charge on any atom is -0.395 e. The number of benzene rings is 1. The highest BCUT2D eigenvalue weighted by Crippen LogP contribution is 2.37. The first-order valence-corrected chi connectivity index (χ1v) is 11.8. The largest absolute Gasteiger partial charge is 0.435 e. The van der Waals surface area contributed by atoms with E-state index in [2.05, 4.69) is 32.5 Å². The Balaban J connectivity index is 2.04. The van der Waals surface area contributed by atoms with Gasteiger partial charge in [0.05, 0.1) is 25.4 Å². The number of aryl methyl sites for hydroxylation is 1. The Hall–Kier alpha value is -3.91. The van der Waals surface area contributed by atoms with E-state index in [9.17, 15) is 23.1 Å². The second kappa shape index (κ2) is 12.8. The van der Waals surface area contributed by atoms with Crippen molar-refractivity contribution in [2.75, 3.05) is 55.0 Å². The average Bonchev–Trinajstić information content (AvgIpc) is 2.89. The Morgan fingerprint density at radius 3 is 2.56 bits per heavy atom. The maximum atomic E-state index is 15.8. The number of anilines is 3. The molecule has 1 aliphatic heterocycles. The third-order valence-corrected chi connectivity index (χ3v) is 5.72. The van der Waals surface area contributed by atoms with Crippen molar-refractivity contribution in [3.05, 3.63) is 47.0 Å². The highest BCUT2D eigenvalue weighted by molar-refractivity contribution is 6.10. The number of hydrogen-bond acceptors (Lipinski definition) is 8. The third-order valence-electron chi connectivity index (χ3n) is 5.72. The van der Waals surface area contributed by atoms with Crippen LogP contribution in [0.4, 0.5) is 39.3 Å². The lowest BCUT2D eigenvalue weighted by Crippen LogP contribution is -2.37. The molecule has 1 aliphatic rings. The number of rotatable bonds is 9. The Kier molecular flexibility index (Phi) is 9.70. The minimum absolute atomic E-state index is 0.0389. The zero-order chi connectivity index (χ0) is 28.7. The smallest absolute Gasteiger partial charge is 0.395 e. The summed E-state index contributed by atoms with van der Waals surface area (Å²) in [6.07, 6.45) is -4.36. The van der Waals surface area contributed by atoms with E-state index in [1.165, 1.54) is 18.2 Å². The van der Waals surface area contributed by atoms with Gasteiger partial charge in [-0.25, -0.2) is 13.8 Å². The number of aromatic nitrogens is 1. The van der Waals surface area contributed by atoms with Crippen molar-refractivity contribution in [1.29, 1.82) is 0 Å². The van der Waals surface area contributed by atoms with Gasteiger partial charge >= 0.3 is 6.18 Å². The summed E-state index contributed by atoms with van der Waals surface area (Å²) in [7, 11) is 0. The fourth-order valence-electron chi connectivity index (χ4n) is 3.76. The van der Waals surface area contributed by atoms with E-state index in [1.807, 2.05) is 0 Å². The van der Waals surface area contributed by atoms with Crippen LogP contribution in [0.3, 0.4) is 0 Å². The number of morpholine rings is 1. The number of nitrogens with zero attached hydrogens (tertiary/aromatic N) is 4. The monoisotopic (exact) mass is 554 g/mol. The molecule has 0 bridgehead atoms. The molecule has 3 N–H and O–H groups in total. The summed E-state index contributed by atoms with van der Waals surface area (Å²) in [6.45, 7) is 6.57. The fourth-order valence-corrected chi connectivity index (χ4v) is 3.76. The minimum atomic E-state index is -4.86. The molecule has 9 nitrogen and oxygen atoms in total. The highest BCUT2D eigenvalue weighted by Gasteiger charge is 2.35. The molecule has 1 fully saturated rings. The molecule has 1 aromatic carbocycles. The second-order valence-corrected chi connectivity index (χ2v) is 8.47. The Bertz CT molecular complexity index is 1290. The lowest BCUT2D eigenvalue weighted by Gasteiger charge is -2.29. The van der Waals surface area contributed by atoms with E-state index < -0.39 is 35.0 Å². The van der Waals surface area contributed by atoms with Gasteiger partial charge in [0, 0.05) is 37.6 Å². The second-order valence-electron chi connectivity index (χ2n) is 8.47. The van der Waals surface area contributed by atoms with Gasteiger partial charge in [0.1, 0.15) is 0 Å². The Morgan fingerprint density at radius 2 is 1.95 bits per heavy atom. The summed E-state index contributed by atoms with van der Waals surface area (Å²) >= 11 is 0. The number of ether oxygens (including phenoxy) is 1. The zero-order valence-electron chi connectivity index (χ0n) is 21.2. The van der Waals surface area contributed by atoms with Crippen molar-refractivity contribution in [2.45, 2.75) is 20.0 Å². The standard InChI is InChI=1S/C25H27F5N6O3/c1-14-4-5-16(33-24(38)15(2)12-18(35-31-3)25(28,29)30)13-17(14)19-20(26)22(32-6-9-37)34-23(21(19)27)36-7-10-39-11-8-36/h4-5,12-13,37H,3,6-11H2,1-2H3,(H,32,34)(H,33,38)/b15-12+,35-18+. The molecule has 2 aromatic rings. The molecule has 2 heterocycles. The maximum Gasteiger partial charge on any atom is 0.435 e. The number of pyridine rings is 1. The topological polar surface area (TPSA) is 111 Å². The van der Waals surface area contributed by atoms with Crippen LogP contribution in [-0.4, -0.2) is 74.1 Å². The quantitative estimate of drug-likeness (QED) is 0.187. The predicted molar refractivity (Wildman–Crippen MR) is 138 cm³/mol. The van der Waals surface area contributed by atoms with Crippen LogP contribution in [-0.2, 0) is 9.53 Å². The molecule has 0 unspecified atom stereocenters. The van der Waals surface area contributed by atoms with Crippen molar-refractivity contribution in [1.82, 2.24) is 4.98 Å². The number of hydrogen-bond donors (Lipinski definition) is 3. The van der Waals surface area contributed by atoms with E-state index in [0.29, 0.717) is 37.9 Å². The van der Waals surface area contributed by atoms with Crippen LogP contribution in [0.5, 0.6) is 0 Å². The van der Waals surface area contributed by atoms with Crippen LogP contribution in [0, 0.1) is 18.6 Å². The number of allylic oxidation sites excluding steroid dienone is 1. The average molecular weight is 555 g/mol. The van der Waals surface area contributed by atoms with Gasteiger partial charge in [-0.15, -0.1) is 5.10 Å². The number of nitrogens with one attached hydrogen (secondary N) is 2. The molecule has 1 aromatic heterocycles. The molecule has 1 amide bonds. The van der Waals surface area contributed by atoms with E-state index in [0.717, 1.165) is 6.92 Å². The number of halogens is 5. The number of aliphatic hydroxyl groups is 1. The number of aliphatic hydroxyl groups excluding tert-OH is 1. The number of alkyl halides is 3. The normalized spacial score (nSPS) is 14.8. The lowest BCUT2D eigenvalue weighted by atomic mass is 9.98. The molecule has 0 saturated carbocycles. The third kappa shape index (κ3) is 7.15. The Morgan fingerprint density at radius 1 is 1.26 bits per heavy atom.